The van der Waals surface area contributed by atoms with Crippen molar-refractivity contribution in [2.75, 3.05) is 7.11 Å². The summed E-state index contributed by atoms with van der Waals surface area (Å²) in [5.41, 5.74) is 1.19. The predicted octanol–water partition coefficient (Wildman–Crippen LogP) is 1.27. The van der Waals surface area contributed by atoms with Crippen molar-refractivity contribution < 1.29 is 19.7 Å². The molecule has 1 aromatic carbocycles. The molecule has 0 radical (unpaired) electrons. The van der Waals surface area contributed by atoms with Crippen molar-refractivity contribution in [1.29, 1.82) is 0 Å². The van der Waals surface area contributed by atoms with E-state index in [1.807, 2.05) is 6.07 Å². The number of hydrogen-bond donors (Lipinski definition) is 2. The van der Waals surface area contributed by atoms with Gasteiger partial charge in [-0.1, -0.05) is 18.2 Å². The summed E-state index contributed by atoms with van der Waals surface area (Å²) in [6, 6.07) is 6.90. The molecule has 1 aromatic heterocycles. The molecule has 2 aromatic rings. The number of nitrogens with zero attached hydrogens (tertiary/aromatic N) is 2. The monoisotopic (exact) mass is 262 g/mol. The topological polar surface area (TPSA) is 84.6 Å². The molecule has 0 bridgehead atoms. The summed E-state index contributed by atoms with van der Waals surface area (Å²) in [4.78, 5) is 10.7. The van der Waals surface area contributed by atoms with E-state index < -0.39 is 5.97 Å². The van der Waals surface area contributed by atoms with Gasteiger partial charge in [0.15, 0.2) is 0 Å². The van der Waals surface area contributed by atoms with Crippen molar-refractivity contribution in [3.8, 4) is 11.6 Å². The van der Waals surface area contributed by atoms with Gasteiger partial charge >= 0.3 is 5.97 Å². The van der Waals surface area contributed by atoms with Crippen molar-refractivity contribution >= 4 is 5.97 Å². The molecule has 1 heterocycles. The molecule has 0 saturated heterocycles. The minimum absolute atomic E-state index is 0.149. The summed E-state index contributed by atoms with van der Waals surface area (Å²) < 4.78 is 6.71. The van der Waals surface area contributed by atoms with Crippen LogP contribution in [-0.2, 0) is 17.8 Å². The van der Waals surface area contributed by atoms with Gasteiger partial charge in [-0.05, 0) is 6.07 Å². The Balaban J connectivity index is 2.28. The lowest BCUT2D eigenvalue weighted by Crippen LogP contribution is -2.06. The predicted molar refractivity (Wildman–Crippen MR) is 67.3 cm³/mol. The maximum atomic E-state index is 10.7. The van der Waals surface area contributed by atoms with E-state index in [1.54, 1.807) is 18.2 Å². The quantitative estimate of drug-likeness (QED) is 0.847. The average Bonchev–Trinajstić information content (AvgIpc) is 2.73. The molecule has 0 aliphatic carbocycles. The second-order valence-electron chi connectivity index (χ2n) is 4.04. The molecule has 2 rings (SSSR count). The second kappa shape index (κ2) is 5.43. The van der Waals surface area contributed by atoms with Crippen LogP contribution < -0.4 is 4.74 Å². The molecule has 0 atom stereocenters. The van der Waals surface area contributed by atoms with Crippen LogP contribution in [0.4, 0.5) is 0 Å². The van der Waals surface area contributed by atoms with E-state index in [0.717, 1.165) is 0 Å². The molecule has 6 heteroatoms. The third-order valence-electron chi connectivity index (χ3n) is 2.71. The lowest BCUT2D eigenvalue weighted by atomic mass is 10.2. The fourth-order valence-corrected chi connectivity index (χ4v) is 1.85. The largest absolute Gasteiger partial charge is 0.508 e. The van der Waals surface area contributed by atoms with E-state index in [2.05, 4.69) is 5.10 Å². The highest BCUT2D eigenvalue weighted by Gasteiger charge is 2.15. The number of benzene rings is 1. The van der Waals surface area contributed by atoms with Gasteiger partial charge in [0.05, 0.1) is 26.3 Å². The Hall–Kier alpha value is -2.50. The molecule has 100 valence electrons. The lowest BCUT2D eigenvalue weighted by molar-refractivity contribution is -0.136. The van der Waals surface area contributed by atoms with Gasteiger partial charge in [-0.2, -0.15) is 5.10 Å². The third-order valence-corrected chi connectivity index (χ3v) is 2.71. The zero-order valence-electron chi connectivity index (χ0n) is 10.4. The molecule has 0 saturated carbocycles. The molecule has 0 fully saturated rings. The Morgan fingerprint density at radius 3 is 2.74 bits per heavy atom. The molecule has 0 spiro atoms. The van der Waals surface area contributed by atoms with E-state index in [4.69, 9.17) is 9.84 Å². The average molecular weight is 262 g/mol. The number of methoxy groups -OCH3 is 1. The number of carbonyl (C=O) groups is 1. The van der Waals surface area contributed by atoms with Crippen LogP contribution in [0.15, 0.2) is 30.5 Å². The summed E-state index contributed by atoms with van der Waals surface area (Å²) >= 11 is 0. The summed E-state index contributed by atoms with van der Waals surface area (Å²) in [6.45, 7) is 0.315. The first-order chi connectivity index (χ1) is 9.11. The molecular weight excluding hydrogens is 248 g/mol. The minimum Gasteiger partial charge on any atom is -0.508 e. The van der Waals surface area contributed by atoms with Gasteiger partial charge in [0.25, 0.3) is 0 Å². The van der Waals surface area contributed by atoms with Crippen LogP contribution in [0.3, 0.4) is 0 Å². The van der Waals surface area contributed by atoms with Crippen molar-refractivity contribution in [2.45, 2.75) is 13.0 Å². The first-order valence-corrected chi connectivity index (χ1v) is 5.69. The maximum Gasteiger partial charge on any atom is 0.308 e. The highest BCUT2D eigenvalue weighted by atomic mass is 16.5. The van der Waals surface area contributed by atoms with Gasteiger partial charge in [-0.3, -0.25) is 4.79 Å². The number of carboxylic acid groups (broad SMARTS) is 1. The normalized spacial score (nSPS) is 10.4. The number of para-hydroxylation sites is 1. The second-order valence-corrected chi connectivity index (χ2v) is 4.04. The summed E-state index contributed by atoms with van der Waals surface area (Å²) in [5, 5.41) is 22.6. The van der Waals surface area contributed by atoms with E-state index in [0.29, 0.717) is 23.6 Å². The van der Waals surface area contributed by atoms with Crippen LogP contribution in [0.2, 0.25) is 0 Å². The summed E-state index contributed by atoms with van der Waals surface area (Å²) in [6.07, 6.45) is 1.32. The van der Waals surface area contributed by atoms with Crippen LogP contribution >= 0.6 is 0 Å². The fraction of sp³-hybridized carbons (Fsp3) is 0.231. The summed E-state index contributed by atoms with van der Waals surface area (Å²) in [7, 11) is 1.46. The zero-order valence-corrected chi connectivity index (χ0v) is 10.4. The van der Waals surface area contributed by atoms with Crippen molar-refractivity contribution in [3.05, 3.63) is 41.6 Å². The number of rotatable bonds is 5. The first-order valence-electron chi connectivity index (χ1n) is 5.69. The maximum absolute atomic E-state index is 10.7. The van der Waals surface area contributed by atoms with Gasteiger partial charge in [-0.25, -0.2) is 4.68 Å². The molecular formula is C13H14N2O4. The molecule has 0 aliphatic heterocycles. The Bertz CT molecular complexity index is 592. The molecule has 6 nitrogen and oxygen atoms in total. The molecule has 0 amide bonds. The number of ether oxygens (including phenoxy) is 1. The van der Waals surface area contributed by atoms with Gasteiger partial charge < -0.3 is 14.9 Å². The molecule has 0 aliphatic rings. The standard InChI is InChI=1S/C13H14N2O4/c1-19-13-10(6-12(17)18)7-14-15(13)8-9-4-2-3-5-11(9)16/h2-5,7,16H,6,8H2,1H3,(H,17,18). The van der Waals surface area contributed by atoms with Gasteiger partial charge in [-0.15, -0.1) is 0 Å². The number of phenols is 1. The van der Waals surface area contributed by atoms with E-state index >= 15 is 0 Å². The van der Waals surface area contributed by atoms with Crippen molar-refractivity contribution in [2.24, 2.45) is 0 Å². The Labute approximate surface area is 109 Å². The minimum atomic E-state index is -0.944. The summed E-state index contributed by atoms with van der Waals surface area (Å²) in [5.74, 6) is -0.383. The fourth-order valence-electron chi connectivity index (χ4n) is 1.85. The Morgan fingerprint density at radius 2 is 2.11 bits per heavy atom. The van der Waals surface area contributed by atoms with Gasteiger partial charge in [0.2, 0.25) is 5.88 Å². The van der Waals surface area contributed by atoms with Crippen LogP contribution in [0.25, 0.3) is 0 Å². The van der Waals surface area contributed by atoms with E-state index in [9.17, 15) is 9.90 Å². The smallest absolute Gasteiger partial charge is 0.308 e. The SMILES string of the molecule is COc1c(CC(=O)O)cnn1Cc1ccccc1O. The zero-order chi connectivity index (χ0) is 13.8. The molecule has 19 heavy (non-hydrogen) atoms. The number of carboxylic acids is 1. The highest BCUT2D eigenvalue weighted by molar-refractivity contribution is 5.70. The van der Waals surface area contributed by atoms with E-state index in [-0.39, 0.29) is 12.2 Å². The lowest BCUT2D eigenvalue weighted by Gasteiger charge is -2.08. The number of aromatic hydroxyl groups is 1. The highest BCUT2D eigenvalue weighted by Crippen LogP contribution is 2.23. The number of phenolic OH excluding ortho intramolecular Hbond substituents is 1. The van der Waals surface area contributed by atoms with Crippen LogP contribution in [0.5, 0.6) is 11.6 Å². The number of aliphatic carboxylic acids is 1. The molecule has 2 N–H and O–H groups in total. The number of aromatic nitrogens is 2. The van der Waals surface area contributed by atoms with Crippen LogP contribution in [-0.4, -0.2) is 33.1 Å². The third kappa shape index (κ3) is 2.85. The van der Waals surface area contributed by atoms with Gasteiger partial charge in [0, 0.05) is 11.1 Å². The number of hydrogen-bond acceptors (Lipinski definition) is 4. The van der Waals surface area contributed by atoms with Crippen LogP contribution in [0.1, 0.15) is 11.1 Å². The van der Waals surface area contributed by atoms with E-state index in [1.165, 1.54) is 18.0 Å². The van der Waals surface area contributed by atoms with Gasteiger partial charge in [0.1, 0.15) is 5.75 Å². The van der Waals surface area contributed by atoms with Crippen LogP contribution in [0, 0.1) is 0 Å². The Morgan fingerprint density at radius 1 is 1.37 bits per heavy atom. The Kier molecular flexibility index (Phi) is 3.70. The molecule has 0 unspecified atom stereocenters. The van der Waals surface area contributed by atoms with Crippen molar-refractivity contribution in [1.82, 2.24) is 9.78 Å². The van der Waals surface area contributed by atoms with Crippen molar-refractivity contribution in [3.63, 3.8) is 0 Å². The first kappa shape index (κ1) is 12.9.